The van der Waals surface area contributed by atoms with Gasteiger partial charge in [0.1, 0.15) is 5.60 Å². The predicted octanol–water partition coefficient (Wildman–Crippen LogP) is 2.14. The summed E-state index contributed by atoms with van der Waals surface area (Å²) in [7, 11) is 0. The molecule has 5 heteroatoms. The highest BCUT2D eigenvalue weighted by molar-refractivity contribution is 6.18. The zero-order valence-electron chi connectivity index (χ0n) is 10.6. The van der Waals surface area contributed by atoms with Gasteiger partial charge in [-0.1, -0.05) is 13.8 Å². The van der Waals surface area contributed by atoms with Gasteiger partial charge in [0.25, 0.3) is 0 Å². The summed E-state index contributed by atoms with van der Waals surface area (Å²) in [5, 5.41) is 12.3. The van der Waals surface area contributed by atoms with Gasteiger partial charge in [-0.2, -0.15) is 0 Å². The normalized spacial score (nSPS) is 15.8. The second-order valence-corrected chi connectivity index (χ2v) is 5.45. The van der Waals surface area contributed by atoms with Gasteiger partial charge < -0.3 is 15.2 Å². The fourth-order valence-electron chi connectivity index (χ4n) is 1.25. The van der Waals surface area contributed by atoms with Gasteiger partial charge in [0.15, 0.2) is 0 Å². The number of amides is 1. The first-order chi connectivity index (χ1) is 7.17. The van der Waals surface area contributed by atoms with Gasteiger partial charge in [0.05, 0.1) is 18.0 Å². The quantitative estimate of drug-likeness (QED) is 0.753. The number of carbonyl (C=O) groups excluding carboxylic acids is 1. The van der Waals surface area contributed by atoms with Crippen LogP contribution in [0.15, 0.2) is 0 Å². The summed E-state index contributed by atoms with van der Waals surface area (Å²) < 4.78 is 5.11. The molecule has 0 heterocycles. The van der Waals surface area contributed by atoms with E-state index in [9.17, 15) is 9.90 Å². The molecule has 0 aromatic rings. The minimum atomic E-state index is -0.769. The number of rotatable bonds is 4. The molecule has 2 unspecified atom stereocenters. The molecule has 0 aromatic heterocycles. The standard InChI is InChI=1S/C11H22ClNO3/c1-7(2)9(8(14)6-12)13-10(15)16-11(3,4)5/h7-9,14H,6H2,1-5H3,(H,13,15). The summed E-state index contributed by atoms with van der Waals surface area (Å²) in [6.07, 6.45) is -1.30. The Morgan fingerprint density at radius 1 is 1.44 bits per heavy atom. The van der Waals surface area contributed by atoms with E-state index in [-0.39, 0.29) is 11.8 Å². The maximum atomic E-state index is 11.5. The number of aliphatic hydroxyl groups excluding tert-OH is 1. The molecule has 0 spiro atoms. The van der Waals surface area contributed by atoms with Gasteiger partial charge >= 0.3 is 6.09 Å². The molecule has 0 saturated heterocycles. The molecule has 2 atom stereocenters. The summed E-state index contributed by atoms with van der Waals surface area (Å²) in [4.78, 5) is 11.5. The molecule has 0 aromatic carbocycles. The van der Waals surface area contributed by atoms with E-state index in [2.05, 4.69) is 5.32 Å². The smallest absolute Gasteiger partial charge is 0.407 e. The van der Waals surface area contributed by atoms with Gasteiger partial charge in [0, 0.05) is 0 Å². The van der Waals surface area contributed by atoms with Crippen molar-refractivity contribution in [1.29, 1.82) is 0 Å². The molecule has 4 nitrogen and oxygen atoms in total. The summed E-state index contributed by atoms with van der Waals surface area (Å²) in [6, 6.07) is -0.396. The van der Waals surface area contributed by atoms with Gasteiger partial charge in [-0.3, -0.25) is 0 Å². The van der Waals surface area contributed by atoms with Crippen molar-refractivity contribution in [3.8, 4) is 0 Å². The fourth-order valence-corrected chi connectivity index (χ4v) is 1.44. The van der Waals surface area contributed by atoms with Crippen LogP contribution in [0.4, 0.5) is 4.79 Å². The van der Waals surface area contributed by atoms with Crippen LogP contribution in [0.5, 0.6) is 0 Å². The lowest BCUT2D eigenvalue weighted by molar-refractivity contribution is 0.0402. The molecular formula is C11H22ClNO3. The Morgan fingerprint density at radius 3 is 2.25 bits per heavy atom. The van der Waals surface area contributed by atoms with Crippen molar-refractivity contribution in [1.82, 2.24) is 5.32 Å². The molecule has 0 fully saturated rings. The number of alkyl halides is 1. The molecule has 0 saturated carbocycles. The summed E-state index contributed by atoms with van der Waals surface area (Å²) in [5.74, 6) is 0.166. The van der Waals surface area contributed by atoms with Crippen LogP contribution in [0, 0.1) is 5.92 Å². The van der Waals surface area contributed by atoms with Gasteiger partial charge in [-0.05, 0) is 26.7 Å². The van der Waals surface area contributed by atoms with Gasteiger partial charge in [-0.25, -0.2) is 4.79 Å². The summed E-state index contributed by atoms with van der Waals surface area (Å²) in [5.41, 5.74) is -0.544. The van der Waals surface area contributed by atoms with Crippen LogP contribution in [-0.2, 0) is 4.74 Å². The average molecular weight is 252 g/mol. The summed E-state index contributed by atoms with van der Waals surface area (Å²) in [6.45, 7) is 9.16. The van der Waals surface area contributed by atoms with Crippen molar-refractivity contribution in [2.24, 2.45) is 5.92 Å². The third-order valence-electron chi connectivity index (χ3n) is 1.97. The van der Waals surface area contributed by atoms with Crippen LogP contribution in [0.25, 0.3) is 0 Å². The minimum Gasteiger partial charge on any atom is -0.444 e. The molecule has 2 N–H and O–H groups in total. The number of halogens is 1. The lowest BCUT2D eigenvalue weighted by Crippen LogP contribution is -2.49. The molecule has 96 valence electrons. The van der Waals surface area contributed by atoms with E-state index < -0.39 is 23.8 Å². The van der Waals surface area contributed by atoms with E-state index in [4.69, 9.17) is 16.3 Å². The van der Waals surface area contributed by atoms with E-state index in [1.165, 1.54) is 0 Å². The van der Waals surface area contributed by atoms with Crippen molar-refractivity contribution in [3.05, 3.63) is 0 Å². The highest BCUT2D eigenvalue weighted by Crippen LogP contribution is 2.11. The molecule has 1 amide bonds. The molecular weight excluding hydrogens is 230 g/mol. The highest BCUT2D eigenvalue weighted by atomic mass is 35.5. The van der Waals surface area contributed by atoms with Crippen LogP contribution in [0.3, 0.4) is 0 Å². The van der Waals surface area contributed by atoms with Crippen LogP contribution < -0.4 is 5.32 Å². The molecule has 16 heavy (non-hydrogen) atoms. The monoisotopic (exact) mass is 251 g/mol. The van der Waals surface area contributed by atoms with E-state index in [0.717, 1.165) is 0 Å². The average Bonchev–Trinajstić information content (AvgIpc) is 2.09. The van der Waals surface area contributed by atoms with E-state index in [0.29, 0.717) is 0 Å². The Morgan fingerprint density at radius 2 is 1.94 bits per heavy atom. The van der Waals surface area contributed by atoms with E-state index >= 15 is 0 Å². The number of alkyl carbamates (subject to hydrolysis) is 1. The molecule has 0 aliphatic heterocycles. The number of hydrogen-bond acceptors (Lipinski definition) is 3. The van der Waals surface area contributed by atoms with Crippen LogP contribution in [0.1, 0.15) is 34.6 Å². The molecule has 0 rings (SSSR count). The molecule has 0 radical (unpaired) electrons. The SMILES string of the molecule is CC(C)C(NC(=O)OC(C)(C)C)C(O)CCl. The van der Waals surface area contributed by atoms with Crippen LogP contribution in [0.2, 0.25) is 0 Å². The third kappa shape index (κ3) is 6.18. The Bertz CT molecular complexity index is 226. The van der Waals surface area contributed by atoms with Gasteiger partial charge in [0.2, 0.25) is 0 Å². The van der Waals surface area contributed by atoms with Crippen molar-refractivity contribution in [3.63, 3.8) is 0 Å². The van der Waals surface area contributed by atoms with Crippen molar-refractivity contribution in [2.75, 3.05) is 5.88 Å². The third-order valence-corrected chi connectivity index (χ3v) is 2.29. The minimum absolute atomic E-state index is 0.0820. The van der Waals surface area contributed by atoms with Crippen molar-refractivity contribution >= 4 is 17.7 Å². The lowest BCUT2D eigenvalue weighted by Gasteiger charge is -2.28. The maximum absolute atomic E-state index is 11.5. The molecule has 0 aliphatic carbocycles. The summed E-state index contributed by atoms with van der Waals surface area (Å²) >= 11 is 5.57. The van der Waals surface area contributed by atoms with Crippen molar-refractivity contribution in [2.45, 2.75) is 52.4 Å². The lowest BCUT2D eigenvalue weighted by atomic mass is 10.00. The predicted molar refractivity (Wildman–Crippen MR) is 64.7 cm³/mol. The highest BCUT2D eigenvalue weighted by Gasteiger charge is 2.26. The molecule has 0 bridgehead atoms. The number of nitrogens with one attached hydrogen (secondary N) is 1. The zero-order chi connectivity index (χ0) is 12.9. The Hall–Kier alpha value is -0.480. The van der Waals surface area contributed by atoms with Crippen molar-refractivity contribution < 1.29 is 14.6 Å². The number of carbonyl (C=O) groups is 1. The molecule has 0 aliphatic rings. The first-order valence-corrected chi connectivity index (χ1v) is 5.94. The van der Waals surface area contributed by atoms with Crippen LogP contribution >= 0.6 is 11.6 Å². The fraction of sp³-hybridized carbons (Fsp3) is 0.909. The Balaban J connectivity index is 4.36. The van der Waals surface area contributed by atoms with E-state index in [1.54, 1.807) is 20.8 Å². The Kier molecular flexibility index (Phi) is 6.11. The number of ether oxygens (including phenoxy) is 1. The second-order valence-electron chi connectivity index (χ2n) is 5.14. The topological polar surface area (TPSA) is 58.6 Å². The Labute approximate surface area is 102 Å². The number of hydrogen-bond donors (Lipinski definition) is 2. The largest absolute Gasteiger partial charge is 0.444 e. The maximum Gasteiger partial charge on any atom is 0.407 e. The second kappa shape index (κ2) is 6.30. The first kappa shape index (κ1) is 15.5. The first-order valence-electron chi connectivity index (χ1n) is 5.41. The van der Waals surface area contributed by atoms with Crippen LogP contribution in [-0.4, -0.2) is 34.8 Å². The van der Waals surface area contributed by atoms with Gasteiger partial charge in [-0.15, -0.1) is 11.6 Å². The zero-order valence-corrected chi connectivity index (χ0v) is 11.3. The number of aliphatic hydroxyl groups is 1. The van der Waals surface area contributed by atoms with E-state index in [1.807, 2.05) is 13.8 Å².